The van der Waals surface area contributed by atoms with Crippen LogP contribution in [0.25, 0.3) is 0 Å². The van der Waals surface area contributed by atoms with E-state index in [0.717, 1.165) is 5.56 Å². The van der Waals surface area contributed by atoms with Crippen molar-refractivity contribution in [2.75, 3.05) is 0 Å². The van der Waals surface area contributed by atoms with Crippen molar-refractivity contribution in [2.24, 2.45) is 5.73 Å². The molecule has 0 unspecified atom stereocenters. The SMILES string of the molecule is Cc1cc(Cl)ccc1OC(=O)c1ccc(C(N)=O)cc1. The lowest BCUT2D eigenvalue weighted by molar-refractivity contribution is 0.0733. The minimum atomic E-state index is -0.543. The minimum Gasteiger partial charge on any atom is -0.423 e. The maximum absolute atomic E-state index is 12.0. The van der Waals surface area contributed by atoms with Crippen LogP contribution in [0.5, 0.6) is 5.75 Å². The molecule has 0 atom stereocenters. The molecule has 0 aromatic heterocycles. The Kier molecular flexibility index (Phi) is 4.05. The number of primary amides is 1. The molecule has 0 saturated carbocycles. The summed E-state index contributed by atoms with van der Waals surface area (Å²) in [6.07, 6.45) is 0. The Morgan fingerprint density at radius 2 is 1.65 bits per heavy atom. The number of hydrogen-bond acceptors (Lipinski definition) is 3. The number of carbonyl (C=O) groups excluding carboxylic acids is 2. The van der Waals surface area contributed by atoms with Gasteiger partial charge in [-0.15, -0.1) is 0 Å². The van der Waals surface area contributed by atoms with Gasteiger partial charge in [0.05, 0.1) is 5.56 Å². The van der Waals surface area contributed by atoms with Crippen LogP contribution in [0.4, 0.5) is 0 Å². The molecule has 0 bridgehead atoms. The Labute approximate surface area is 121 Å². The molecule has 2 aromatic carbocycles. The van der Waals surface area contributed by atoms with Crippen molar-refractivity contribution in [3.63, 3.8) is 0 Å². The van der Waals surface area contributed by atoms with Crippen molar-refractivity contribution in [2.45, 2.75) is 6.92 Å². The zero-order valence-corrected chi connectivity index (χ0v) is 11.5. The Morgan fingerprint density at radius 3 is 2.20 bits per heavy atom. The zero-order chi connectivity index (χ0) is 14.7. The van der Waals surface area contributed by atoms with Gasteiger partial charge in [0, 0.05) is 10.6 Å². The maximum atomic E-state index is 12.0. The summed E-state index contributed by atoms with van der Waals surface area (Å²) in [6.45, 7) is 1.80. The molecule has 0 aliphatic carbocycles. The highest BCUT2D eigenvalue weighted by atomic mass is 35.5. The van der Waals surface area contributed by atoms with Crippen LogP contribution in [-0.4, -0.2) is 11.9 Å². The molecular formula is C15H12ClNO3. The number of aryl methyl sites for hydroxylation is 1. The molecule has 1 amide bonds. The summed E-state index contributed by atoms with van der Waals surface area (Å²) in [4.78, 5) is 22.9. The van der Waals surface area contributed by atoms with Crippen molar-refractivity contribution in [1.82, 2.24) is 0 Å². The number of halogens is 1. The van der Waals surface area contributed by atoms with Crippen molar-refractivity contribution in [1.29, 1.82) is 0 Å². The number of rotatable bonds is 3. The summed E-state index contributed by atoms with van der Waals surface area (Å²) < 4.78 is 5.27. The molecule has 0 spiro atoms. The third kappa shape index (κ3) is 3.16. The van der Waals surface area contributed by atoms with Gasteiger partial charge in [-0.25, -0.2) is 4.79 Å². The van der Waals surface area contributed by atoms with Crippen LogP contribution in [0.3, 0.4) is 0 Å². The Bertz CT molecular complexity index is 665. The summed E-state index contributed by atoms with van der Waals surface area (Å²) >= 11 is 5.83. The van der Waals surface area contributed by atoms with E-state index in [1.165, 1.54) is 24.3 Å². The van der Waals surface area contributed by atoms with E-state index in [9.17, 15) is 9.59 Å². The minimum absolute atomic E-state index is 0.337. The molecule has 2 N–H and O–H groups in total. The molecule has 5 heteroatoms. The van der Waals surface area contributed by atoms with Crippen LogP contribution < -0.4 is 10.5 Å². The first-order chi connectivity index (χ1) is 9.47. The maximum Gasteiger partial charge on any atom is 0.343 e. The molecule has 2 aromatic rings. The monoisotopic (exact) mass is 289 g/mol. The molecule has 0 aliphatic rings. The molecule has 0 aliphatic heterocycles. The van der Waals surface area contributed by atoms with Crippen molar-refractivity contribution < 1.29 is 14.3 Å². The van der Waals surface area contributed by atoms with Gasteiger partial charge in [0.2, 0.25) is 5.91 Å². The summed E-state index contributed by atoms with van der Waals surface area (Å²) in [7, 11) is 0. The molecule has 102 valence electrons. The molecule has 4 nitrogen and oxygen atoms in total. The highest BCUT2D eigenvalue weighted by molar-refractivity contribution is 6.30. The van der Waals surface area contributed by atoms with E-state index in [1.54, 1.807) is 25.1 Å². The van der Waals surface area contributed by atoms with Crippen LogP contribution in [0.2, 0.25) is 5.02 Å². The lowest BCUT2D eigenvalue weighted by atomic mass is 10.1. The first-order valence-electron chi connectivity index (χ1n) is 5.85. The third-order valence-electron chi connectivity index (χ3n) is 2.74. The van der Waals surface area contributed by atoms with E-state index in [4.69, 9.17) is 22.1 Å². The number of benzene rings is 2. The van der Waals surface area contributed by atoms with Gasteiger partial charge in [-0.1, -0.05) is 11.6 Å². The fourth-order valence-corrected chi connectivity index (χ4v) is 1.88. The quantitative estimate of drug-likeness (QED) is 0.697. The van der Waals surface area contributed by atoms with Gasteiger partial charge < -0.3 is 10.5 Å². The first-order valence-corrected chi connectivity index (χ1v) is 6.23. The molecule has 0 heterocycles. The second kappa shape index (κ2) is 5.75. The number of ether oxygens (including phenoxy) is 1. The van der Waals surface area contributed by atoms with E-state index in [1.807, 2.05) is 0 Å². The fourth-order valence-electron chi connectivity index (χ4n) is 1.66. The molecule has 0 fully saturated rings. The van der Waals surface area contributed by atoms with E-state index < -0.39 is 11.9 Å². The number of carbonyl (C=O) groups is 2. The van der Waals surface area contributed by atoms with Crippen molar-refractivity contribution in [3.05, 3.63) is 64.2 Å². The van der Waals surface area contributed by atoms with Gasteiger partial charge in [-0.05, 0) is 55.0 Å². The van der Waals surface area contributed by atoms with E-state index in [0.29, 0.717) is 21.9 Å². The Balaban J connectivity index is 2.17. The highest BCUT2D eigenvalue weighted by Gasteiger charge is 2.11. The van der Waals surface area contributed by atoms with Crippen LogP contribution in [-0.2, 0) is 0 Å². The van der Waals surface area contributed by atoms with Crippen molar-refractivity contribution >= 4 is 23.5 Å². The molecule has 2 rings (SSSR count). The average Bonchev–Trinajstić information content (AvgIpc) is 2.42. The standard InChI is InChI=1S/C15H12ClNO3/c1-9-8-12(16)6-7-13(9)20-15(19)11-4-2-10(3-5-11)14(17)18/h2-8H,1H3,(H2,17,18). The predicted octanol–water partition coefficient (Wildman–Crippen LogP) is 2.97. The van der Waals surface area contributed by atoms with E-state index in [2.05, 4.69) is 0 Å². The van der Waals surface area contributed by atoms with Crippen LogP contribution in [0.1, 0.15) is 26.3 Å². The van der Waals surface area contributed by atoms with E-state index in [-0.39, 0.29) is 0 Å². The normalized spacial score (nSPS) is 10.1. The fraction of sp³-hybridized carbons (Fsp3) is 0.0667. The highest BCUT2D eigenvalue weighted by Crippen LogP contribution is 2.22. The van der Waals surface area contributed by atoms with Crippen LogP contribution in [0.15, 0.2) is 42.5 Å². The molecule has 20 heavy (non-hydrogen) atoms. The van der Waals surface area contributed by atoms with Gasteiger partial charge in [0.15, 0.2) is 0 Å². The van der Waals surface area contributed by atoms with Gasteiger partial charge in [0.1, 0.15) is 5.75 Å². The smallest absolute Gasteiger partial charge is 0.343 e. The first kappa shape index (κ1) is 14.1. The lowest BCUT2D eigenvalue weighted by Gasteiger charge is -2.07. The predicted molar refractivity (Wildman–Crippen MR) is 76.1 cm³/mol. The molecule has 0 saturated heterocycles. The van der Waals surface area contributed by atoms with Gasteiger partial charge in [-0.3, -0.25) is 4.79 Å². The Hall–Kier alpha value is -2.33. The summed E-state index contributed by atoms with van der Waals surface area (Å²) in [5.41, 5.74) is 6.57. The summed E-state index contributed by atoms with van der Waals surface area (Å²) in [5.74, 6) is -0.608. The lowest BCUT2D eigenvalue weighted by Crippen LogP contribution is -2.12. The van der Waals surface area contributed by atoms with E-state index >= 15 is 0 Å². The van der Waals surface area contributed by atoms with Crippen molar-refractivity contribution in [3.8, 4) is 5.75 Å². The third-order valence-corrected chi connectivity index (χ3v) is 2.98. The zero-order valence-electron chi connectivity index (χ0n) is 10.7. The largest absolute Gasteiger partial charge is 0.423 e. The number of amides is 1. The summed E-state index contributed by atoms with van der Waals surface area (Å²) in [5, 5.41) is 0.577. The average molecular weight is 290 g/mol. The molecular weight excluding hydrogens is 278 g/mol. The summed E-state index contributed by atoms with van der Waals surface area (Å²) in [6, 6.07) is 10.9. The number of nitrogens with two attached hydrogens (primary N) is 1. The van der Waals surface area contributed by atoms with Gasteiger partial charge >= 0.3 is 5.97 Å². The topological polar surface area (TPSA) is 69.4 Å². The van der Waals surface area contributed by atoms with Gasteiger partial charge in [-0.2, -0.15) is 0 Å². The number of hydrogen-bond donors (Lipinski definition) is 1. The van der Waals surface area contributed by atoms with Crippen LogP contribution >= 0.6 is 11.6 Å². The Morgan fingerprint density at radius 1 is 1.05 bits per heavy atom. The van der Waals surface area contributed by atoms with Crippen LogP contribution in [0, 0.1) is 6.92 Å². The second-order valence-corrected chi connectivity index (χ2v) is 4.68. The van der Waals surface area contributed by atoms with Gasteiger partial charge in [0.25, 0.3) is 0 Å². The number of esters is 1. The second-order valence-electron chi connectivity index (χ2n) is 4.24. The molecule has 0 radical (unpaired) electrons.